The van der Waals surface area contributed by atoms with E-state index in [1.54, 1.807) is 7.11 Å². The van der Waals surface area contributed by atoms with Gasteiger partial charge in [0.1, 0.15) is 0 Å². The maximum Gasteiger partial charge on any atom is 0.0587 e. The normalized spacial score (nSPS) is 14.3. The van der Waals surface area contributed by atoms with Crippen molar-refractivity contribution >= 4 is 0 Å². The minimum atomic E-state index is 0.328. The summed E-state index contributed by atoms with van der Waals surface area (Å²) in [5.74, 6) is 0. The average molecular weight is 263 g/mol. The van der Waals surface area contributed by atoms with Gasteiger partial charge in [-0.3, -0.25) is 0 Å². The highest BCUT2D eigenvalue weighted by atomic mass is 16.5. The number of nitrogens with one attached hydrogen (secondary N) is 1. The quantitative estimate of drug-likeness (QED) is 0.688. The van der Waals surface area contributed by atoms with E-state index in [2.05, 4.69) is 50.4 Å². The summed E-state index contributed by atoms with van der Waals surface area (Å²) in [6, 6.07) is 8.73. The Morgan fingerprint density at radius 2 is 2.00 bits per heavy atom. The van der Waals surface area contributed by atoms with Crippen LogP contribution >= 0.6 is 0 Å². The lowest BCUT2D eigenvalue weighted by Crippen LogP contribution is -2.35. The van der Waals surface area contributed by atoms with E-state index in [1.165, 1.54) is 24.0 Å². The van der Waals surface area contributed by atoms with Crippen LogP contribution in [-0.4, -0.2) is 26.8 Å². The minimum absolute atomic E-state index is 0.328. The van der Waals surface area contributed by atoms with Crippen LogP contribution in [0.1, 0.15) is 37.8 Å². The highest BCUT2D eigenvalue weighted by Gasteiger charge is 2.23. The predicted octanol–water partition coefficient (Wildman–Crippen LogP) is 3.58. The van der Waals surface area contributed by atoms with Crippen molar-refractivity contribution in [2.45, 2.75) is 40.0 Å². The molecule has 108 valence electrons. The van der Waals surface area contributed by atoms with E-state index in [4.69, 9.17) is 4.74 Å². The van der Waals surface area contributed by atoms with Crippen molar-refractivity contribution in [1.82, 2.24) is 5.32 Å². The summed E-state index contributed by atoms with van der Waals surface area (Å²) in [5.41, 5.74) is 3.21. The Labute approximate surface area is 118 Å². The van der Waals surface area contributed by atoms with Crippen LogP contribution in [0, 0.1) is 12.3 Å². The molecule has 0 fully saturated rings. The van der Waals surface area contributed by atoms with Crippen LogP contribution in [0.25, 0.3) is 0 Å². The molecule has 0 saturated carbocycles. The smallest absolute Gasteiger partial charge is 0.0587 e. The molecule has 1 atom stereocenters. The lowest BCUT2D eigenvalue weighted by molar-refractivity contribution is 0.190. The first-order valence-corrected chi connectivity index (χ1v) is 7.35. The minimum Gasteiger partial charge on any atom is -0.383 e. The fourth-order valence-electron chi connectivity index (χ4n) is 2.68. The third-order valence-electron chi connectivity index (χ3n) is 3.77. The van der Waals surface area contributed by atoms with Crippen LogP contribution in [0.15, 0.2) is 24.3 Å². The molecule has 0 amide bonds. The lowest BCUT2D eigenvalue weighted by atomic mass is 9.78. The molecule has 0 aliphatic rings. The molecule has 0 bridgehead atoms. The van der Waals surface area contributed by atoms with E-state index in [1.807, 2.05) is 0 Å². The number of rotatable bonds is 9. The van der Waals surface area contributed by atoms with Gasteiger partial charge >= 0.3 is 0 Å². The lowest BCUT2D eigenvalue weighted by Gasteiger charge is -2.30. The van der Waals surface area contributed by atoms with Crippen molar-refractivity contribution in [3.05, 3.63) is 35.4 Å². The molecule has 0 aromatic heterocycles. The number of ether oxygens (including phenoxy) is 1. The van der Waals surface area contributed by atoms with E-state index in [0.717, 1.165) is 26.1 Å². The van der Waals surface area contributed by atoms with Gasteiger partial charge < -0.3 is 10.1 Å². The van der Waals surface area contributed by atoms with E-state index in [9.17, 15) is 0 Å². The third-order valence-corrected chi connectivity index (χ3v) is 3.77. The monoisotopic (exact) mass is 263 g/mol. The Morgan fingerprint density at radius 1 is 1.26 bits per heavy atom. The van der Waals surface area contributed by atoms with Crippen LogP contribution < -0.4 is 5.32 Å². The Balaban J connectivity index is 2.62. The van der Waals surface area contributed by atoms with Gasteiger partial charge in [0.15, 0.2) is 0 Å². The second-order valence-electron chi connectivity index (χ2n) is 5.83. The average Bonchev–Trinajstić information content (AvgIpc) is 2.38. The topological polar surface area (TPSA) is 21.3 Å². The molecule has 1 N–H and O–H groups in total. The molecule has 1 rings (SSSR count). The van der Waals surface area contributed by atoms with Gasteiger partial charge in [-0.1, -0.05) is 44.5 Å². The Kier molecular flexibility index (Phi) is 7.11. The summed E-state index contributed by atoms with van der Waals surface area (Å²) in [6.45, 7) is 9.64. The van der Waals surface area contributed by atoms with Crippen molar-refractivity contribution in [2.75, 3.05) is 26.8 Å². The second-order valence-corrected chi connectivity index (χ2v) is 5.83. The van der Waals surface area contributed by atoms with E-state index in [-0.39, 0.29) is 0 Å². The first kappa shape index (κ1) is 16.2. The molecule has 1 aromatic rings. The summed E-state index contributed by atoms with van der Waals surface area (Å²) < 4.78 is 5.09. The third kappa shape index (κ3) is 5.75. The zero-order chi connectivity index (χ0) is 14.1. The summed E-state index contributed by atoms with van der Waals surface area (Å²) >= 11 is 0. The zero-order valence-electron chi connectivity index (χ0n) is 13.0. The number of hydrogen-bond donors (Lipinski definition) is 1. The highest BCUT2D eigenvalue weighted by Crippen LogP contribution is 2.28. The molecule has 19 heavy (non-hydrogen) atoms. The number of methoxy groups -OCH3 is 1. The molecular weight excluding hydrogens is 234 g/mol. The van der Waals surface area contributed by atoms with E-state index < -0.39 is 0 Å². The fourth-order valence-corrected chi connectivity index (χ4v) is 2.68. The Hall–Kier alpha value is -0.860. The Bertz CT molecular complexity index is 364. The zero-order valence-corrected chi connectivity index (χ0v) is 13.0. The fraction of sp³-hybridized carbons (Fsp3) is 0.647. The van der Waals surface area contributed by atoms with E-state index in [0.29, 0.717) is 5.41 Å². The molecule has 2 nitrogen and oxygen atoms in total. The second kappa shape index (κ2) is 8.34. The van der Waals surface area contributed by atoms with Gasteiger partial charge in [0, 0.05) is 20.2 Å². The molecule has 0 heterocycles. The van der Waals surface area contributed by atoms with E-state index >= 15 is 0 Å². The standard InChI is InChI=1S/C17H29NO/c1-5-10-17(3,14-18-11-12-19-4)13-16-9-7-6-8-15(16)2/h6-9,18H,5,10-14H2,1-4H3. The number of benzene rings is 1. The molecule has 0 spiro atoms. The Morgan fingerprint density at radius 3 is 2.63 bits per heavy atom. The summed E-state index contributed by atoms with van der Waals surface area (Å²) in [7, 11) is 1.75. The highest BCUT2D eigenvalue weighted by molar-refractivity contribution is 5.26. The summed E-state index contributed by atoms with van der Waals surface area (Å²) in [6.07, 6.45) is 3.63. The maximum atomic E-state index is 5.09. The summed E-state index contributed by atoms with van der Waals surface area (Å²) in [5, 5.41) is 3.53. The van der Waals surface area contributed by atoms with Crippen LogP contribution in [0.4, 0.5) is 0 Å². The van der Waals surface area contributed by atoms with Crippen molar-refractivity contribution in [1.29, 1.82) is 0 Å². The molecular formula is C17H29NO. The van der Waals surface area contributed by atoms with Gasteiger partial charge in [-0.2, -0.15) is 0 Å². The molecule has 0 aliphatic heterocycles. The molecule has 0 aliphatic carbocycles. The number of hydrogen-bond acceptors (Lipinski definition) is 2. The van der Waals surface area contributed by atoms with Gasteiger partial charge in [-0.15, -0.1) is 0 Å². The molecule has 1 unspecified atom stereocenters. The van der Waals surface area contributed by atoms with Gasteiger partial charge in [0.25, 0.3) is 0 Å². The van der Waals surface area contributed by atoms with Crippen molar-refractivity contribution < 1.29 is 4.74 Å². The van der Waals surface area contributed by atoms with Crippen LogP contribution in [0.5, 0.6) is 0 Å². The van der Waals surface area contributed by atoms with Gasteiger partial charge in [0.2, 0.25) is 0 Å². The predicted molar refractivity (Wildman–Crippen MR) is 82.6 cm³/mol. The first-order valence-electron chi connectivity index (χ1n) is 7.35. The number of aryl methyl sites for hydroxylation is 1. The SMILES string of the molecule is CCCC(C)(CNCCOC)Cc1ccccc1C. The van der Waals surface area contributed by atoms with Gasteiger partial charge in [-0.25, -0.2) is 0 Å². The van der Waals surface area contributed by atoms with Crippen LogP contribution in [0.2, 0.25) is 0 Å². The van der Waals surface area contributed by atoms with Crippen molar-refractivity contribution in [3.8, 4) is 0 Å². The first-order chi connectivity index (χ1) is 9.11. The molecule has 0 saturated heterocycles. The largest absolute Gasteiger partial charge is 0.383 e. The molecule has 1 aromatic carbocycles. The van der Waals surface area contributed by atoms with Gasteiger partial charge in [-0.05, 0) is 36.3 Å². The summed E-state index contributed by atoms with van der Waals surface area (Å²) in [4.78, 5) is 0. The van der Waals surface area contributed by atoms with Crippen molar-refractivity contribution in [2.24, 2.45) is 5.41 Å². The molecule has 0 radical (unpaired) electrons. The maximum absolute atomic E-state index is 5.09. The molecule has 2 heteroatoms. The van der Waals surface area contributed by atoms with Crippen LogP contribution in [0.3, 0.4) is 0 Å². The van der Waals surface area contributed by atoms with Crippen molar-refractivity contribution in [3.63, 3.8) is 0 Å². The van der Waals surface area contributed by atoms with Gasteiger partial charge in [0.05, 0.1) is 6.61 Å². The van der Waals surface area contributed by atoms with Crippen LogP contribution in [-0.2, 0) is 11.2 Å².